The van der Waals surface area contributed by atoms with E-state index in [0.29, 0.717) is 23.6 Å². The normalized spacial score (nSPS) is 21.0. The van der Waals surface area contributed by atoms with Crippen LogP contribution in [0.3, 0.4) is 0 Å². The van der Waals surface area contributed by atoms with Crippen molar-refractivity contribution in [1.82, 2.24) is 24.9 Å². The highest BCUT2D eigenvalue weighted by atomic mass is 19.1. The lowest BCUT2D eigenvalue weighted by Crippen LogP contribution is -2.54. The Kier molecular flexibility index (Phi) is 7.29. The second-order valence-corrected chi connectivity index (χ2v) is 9.66. The summed E-state index contributed by atoms with van der Waals surface area (Å²) in [7, 11) is 2.67. The number of amides is 1. The van der Waals surface area contributed by atoms with Gasteiger partial charge in [-0.3, -0.25) is 4.98 Å². The molecule has 3 heterocycles. The maximum Gasteiger partial charge on any atom is 0.407 e. The molecule has 0 spiro atoms. The van der Waals surface area contributed by atoms with Gasteiger partial charge in [0.2, 0.25) is 5.95 Å². The van der Waals surface area contributed by atoms with Gasteiger partial charge in [-0.15, -0.1) is 0 Å². The quantitative estimate of drug-likeness (QED) is 0.330. The number of aromatic nitrogens is 4. The molecule has 0 aliphatic heterocycles. The molecule has 1 aliphatic carbocycles. The number of nitrogens with one attached hydrogen (secondary N) is 2. The van der Waals surface area contributed by atoms with Crippen LogP contribution >= 0.6 is 0 Å². The fraction of sp³-hybridized carbons (Fsp3) is 0.333. The maximum atomic E-state index is 14.7. The summed E-state index contributed by atoms with van der Waals surface area (Å²) in [5.74, 6) is -0.948. The highest BCUT2D eigenvalue weighted by Crippen LogP contribution is 2.39. The van der Waals surface area contributed by atoms with Crippen LogP contribution in [0.25, 0.3) is 16.8 Å². The number of nitrogens with two attached hydrogens (primary N) is 1. The number of ether oxygens (including phenoxy) is 2. The summed E-state index contributed by atoms with van der Waals surface area (Å²) in [6.45, 7) is 2.05. The molecule has 1 aliphatic rings. The molecule has 3 aromatic heterocycles. The topological polar surface area (TPSA) is 129 Å². The summed E-state index contributed by atoms with van der Waals surface area (Å²) in [5.41, 5.74) is 8.64. The van der Waals surface area contributed by atoms with Gasteiger partial charge in [0.05, 0.1) is 49.1 Å². The lowest BCUT2D eigenvalue weighted by atomic mass is 9.73. The molecule has 0 radical (unpaired) electrons. The van der Waals surface area contributed by atoms with Crippen molar-refractivity contribution < 1.29 is 23.0 Å². The van der Waals surface area contributed by atoms with E-state index >= 15 is 0 Å². The Bertz CT molecular complexity index is 1480. The van der Waals surface area contributed by atoms with Crippen LogP contribution in [0.4, 0.5) is 25.2 Å². The third kappa shape index (κ3) is 5.19. The van der Waals surface area contributed by atoms with Gasteiger partial charge in [0.25, 0.3) is 0 Å². The molecule has 0 unspecified atom stereocenters. The molecule has 204 valence electrons. The van der Waals surface area contributed by atoms with Crippen molar-refractivity contribution in [2.45, 2.75) is 37.8 Å². The van der Waals surface area contributed by atoms with Crippen molar-refractivity contribution in [3.63, 3.8) is 0 Å². The van der Waals surface area contributed by atoms with Gasteiger partial charge in [-0.2, -0.15) is 9.61 Å². The van der Waals surface area contributed by atoms with Gasteiger partial charge in [0.1, 0.15) is 17.4 Å². The zero-order valence-corrected chi connectivity index (χ0v) is 21.7. The minimum atomic E-state index is -0.786. The van der Waals surface area contributed by atoms with E-state index in [1.54, 1.807) is 24.7 Å². The summed E-state index contributed by atoms with van der Waals surface area (Å²) in [6, 6.07) is 6.89. The molecule has 4 N–H and O–H groups in total. The van der Waals surface area contributed by atoms with Crippen molar-refractivity contribution >= 4 is 23.2 Å². The average molecular weight is 538 g/mol. The third-order valence-electron chi connectivity index (χ3n) is 7.19. The number of hydrogen-bond donors (Lipinski definition) is 3. The number of methoxy groups -OCH3 is 2. The van der Waals surface area contributed by atoms with Crippen molar-refractivity contribution in [3.8, 4) is 17.0 Å². The molecule has 1 aromatic carbocycles. The standard InChI is InChI=1S/C27H29F2N7O3/c1-14-8-15(9-21(30)25(14)34-27(37)39-3)18-6-7-31-13-23(18)33-26-32-12-16-4-5-22(35-36(16)26)24-19(28)10-17(38-2)11-20(24)29/h4-7,10-15,21,25H,8-9,30H2,1-3H3,(H,32,33)(H,34,37)/t14-,15+,21+,25-/m0/s1. The summed E-state index contributed by atoms with van der Waals surface area (Å²) < 4.78 is 40.7. The van der Waals surface area contributed by atoms with Crippen LogP contribution < -0.4 is 21.1 Å². The lowest BCUT2D eigenvalue weighted by molar-refractivity contribution is 0.149. The van der Waals surface area contributed by atoms with E-state index < -0.39 is 17.7 Å². The third-order valence-corrected chi connectivity index (χ3v) is 7.19. The number of rotatable bonds is 6. The van der Waals surface area contributed by atoms with Crippen molar-refractivity contribution in [2.24, 2.45) is 11.7 Å². The second kappa shape index (κ2) is 10.8. The SMILES string of the molecule is COC(=O)N[C@@H]1[C@H](N)C[C@H](c2ccncc2Nc2ncc3ccc(-c4c(F)cc(OC)cc4F)nn23)C[C@@H]1C. The first-order valence-electron chi connectivity index (χ1n) is 12.5. The van der Waals surface area contributed by atoms with E-state index in [-0.39, 0.29) is 40.9 Å². The van der Waals surface area contributed by atoms with E-state index in [2.05, 4.69) is 25.7 Å². The van der Waals surface area contributed by atoms with Crippen LogP contribution in [0, 0.1) is 17.6 Å². The lowest BCUT2D eigenvalue weighted by Gasteiger charge is -2.39. The highest BCUT2D eigenvalue weighted by Gasteiger charge is 2.36. The molecule has 1 amide bonds. The van der Waals surface area contributed by atoms with Gasteiger partial charge < -0.3 is 25.8 Å². The number of halogens is 2. The predicted octanol–water partition coefficient (Wildman–Crippen LogP) is 4.39. The number of fused-ring (bicyclic) bond motifs is 1. The van der Waals surface area contributed by atoms with E-state index in [1.807, 2.05) is 13.0 Å². The second-order valence-electron chi connectivity index (χ2n) is 9.66. The van der Waals surface area contributed by atoms with E-state index in [0.717, 1.165) is 24.1 Å². The number of nitrogens with zero attached hydrogens (tertiary/aromatic N) is 4. The number of anilines is 2. The number of pyridine rings is 1. The zero-order chi connectivity index (χ0) is 27.7. The number of carbonyl (C=O) groups is 1. The Morgan fingerprint density at radius 3 is 2.59 bits per heavy atom. The van der Waals surface area contributed by atoms with Crippen LogP contribution in [-0.2, 0) is 4.74 Å². The van der Waals surface area contributed by atoms with Crippen LogP contribution in [0.1, 0.15) is 31.2 Å². The molecule has 4 aromatic rings. The molecule has 1 saturated carbocycles. The maximum absolute atomic E-state index is 14.7. The molecule has 12 heteroatoms. The Morgan fingerprint density at radius 2 is 1.90 bits per heavy atom. The Morgan fingerprint density at radius 1 is 1.13 bits per heavy atom. The van der Waals surface area contributed by atoms with Gasteiger partial charge in [0.15, 0.2) is 0 Å². The van der Waals surface area contributed by atoms with Gasteiger partial charge in [-0.25, -0.2) is 18.6 Å². The first kappa shape index (κ1) is 26.3. The largest absolute Gasteiger partial charge is 0.497 e. The minimum Gasteiger partial charge on any atom is -0.497 e. The number of benzene rings is 1. The minimum absolute atomic E-state index is 0.0769. The summed E-state index contributed by atoms with van der Waals surface area (Å²) in [4.78, 5) is 20.5. The fourth-order valence-corrected chi connectivity index (χ4v) is 5.29. The Labute approximate surface area is 223 Å². The summed E-state index contributed by atoms with van der Waals surface area (Å²) in [6.07, 6.45) is 5.93. The van der Waals surface area contributed by atoms with E-state index in [4.69, 9.17) is 15.2 Å². The monoisotopic (exact) mass is 537 g/mol. The molecule has 4 atom stereocenters. The fourth-order valence-electron chi connectivity index (χ4n) is 5.29. The number of hydrogen-bond acceptors (Lipinski definition) is 8. The Balaban J connectivity index is 1.44. The van der Waals surface area contributed by atoms with Crippen LogP contribution in [0.2, 0.25) is 0 Å². The molecule has 10 nitrogen and oxygen atoms in total. The first-order chi connectivity index (χ1) is 18.8. The first-order valence-corrected chi connectivity index (χ1v) is 12.5. The van der Waals surface area contributed by atoms with Gasteiger partial charge in [-0.1, -0.05) is 6.92 Å². The molecule has 5 rings (SSSR count). The summed E-state index contributed by atoms with van der Waals surface area (Å²) in [5, 5.41) is 10.6. The zero-order valence-electron chi connectivity index (χ0n) is 21.7. The molecule has 39 heavy (non-hydrogen) atoms. The smallest absolute Gasteiger partial charge is 0.407 e. The molecule has 1 fully saturated rings. The van der Waals surface area contributed by atoms with Crippen LogP contribution in [-0.4, -0.2) is 52.0 Å². The molecule has 0 saturated heterocycles. The Hall–Kier alpha value is -4.32. The van der Waals surface area contributed by atoms with Gasteiger partial charge in [-0.05, 0) is 48.4 Å². The molecular formula is C27H29F2N7O3. The molecule has 0 bridgehead atoms. The number of imidazole rings is 1. The predicted molar refractivity (Wildman–Crippen MR) is 141 cm³/mol. The molecular weight excluding hydrogens is 508 g/mol. The highest BCUT2D eigenvalue weighted by molar-refractivity contribution is 5.68. The van der Waals surface area contributed by atoms with Gasteiger partial charge in [0, 0.05) is 30.4 Å². The number of alkyl carbamates (subject to hydrolysis) is 1. The number of carbonyl (C=O) groups excluding carboxylic acids is 1. The van der Waals surface area contributed by atoms with Crippen molar-refractivity contribution in [3.05, 3.63) is 66.1 Å². The van der Waals surface area contributed by atoms with E-state index in [9.17, 15) is 13.6 Å². The van der Waals surface area contributed by atoms with Gasteiger partial charge >= 0.3 is 6.09 Å². The van der Waals surface area contributed by atoms with Crippen LogP contribution in [0.5, 0.6) is 5.75 Å². The van der Waals surface area contributed by atoms with Crippen molar-refractivity contribution in [2.75, 3.05) is 19.5 Å². The average Bonchev–Trinajstić information content (AvgIpc) is 3.32. The summed E-state index contributed by atoms with van der Waals surface area (Å²) >= 11 is 0. The van der Waals surface area contributed by atoms with Crippen molar-refractivity contribution in [1.29, 1.82) is 0 Å². The van der Waals surface area contributed by atoms with Crippen LogP contribution in [0.15, 0.2) is 48.9 Å². The van der Waals surface area contributed by atoms with E-state index in [1.165, 1.54) is 24.8 Å².